The summed E-state index contributed by atoms with van der Waals surface area (Å²) < 4.78 is 0. The van der Waals surface area contributed by atoms with Gasteiger partial charge >= 0.3 is 0 Å². The molecular formula is C9H16O2S2. The van der Waals surface area contributed by atoms with Gasteiger partial charge in [-0.15, -0.1) is 0 Å². The second-order valence-electron chi connectivity index (χ2n) is 3.06. The quantitative estimate of drug-likeness (QED) is 0.485. The topological polar surface area (TPSA) is 40.5 Å². The van der Waals surface area contributed by atoms with Crippen molar-refractivity contribution in [2.45, 2.75) is 44.9 Å². The Labute approximate surface area is 90.0 Å². The summed E-state index contributed by atoms with van der Waals surface area (Å²) >= 11 is 9.07. The molecule has 2 nitrogen and oxygen atoms in total. The summed E-state index contributed by atoms with van der Waals surface area (Å²) in [5, 5.41) is 17.6. The summed E-state index contributed by atoms with van der Waals surface area (Å²) in [6, 6.07) is 0. The summed E-state index contributed by atoms with van der Waals surface area (Å²) in [7, 11) is 0. The van der Waals surface area contributed by atoms with Gasteiger partial charge in [0, 0.05) is 12.8 Å². The summed E-state index contributed by atoms with van der Waals surface area (Å²) in [4.78, 5) is 0. The highest BCUT2D eigenvalue weighted by molar-refractivity contribution is 7.80. The molecule has 13 heavy (non-hydrogen) atoms. The Kier molecular flexibility index (Phi) is 8.24. The fourth-order valence-electron chi connectivity index (χ4n) is 1.08. The minimum Gasteiger partial charge on any atom is -0.502 e. The van der Waals surface area contributed by atoms with Crippen LogP contribution in [0.3, 0.4) is 0 Å². The number of rotatable bonds is 8. The average molecular weight is 220 g/mol. The molecule has 0 aromatic rings. The number of unbranched alkanes of at least 4 members (excludes halogenated alkanes) is 4. The largest absolute Gasteiger partial charge is 0.502 e. The van der Waals surface area contributed by atoms with Crippen LogP contribution in [0, 0.1) is 0 Å². The molecule has 0 heterocycles. The molecule has 0 aliphatic carbocycles. The zero-order valence-electron chi connectivity index (χ0n) is 7.66. The van der Waals surface area contributed by atoms with Gasteiger partial charge in [-0.1, -0.05) is 19.3 Å². The van der Waals surface area contributed by atoms with Crippen molar-refractivity contribution in [3.63, 3.8) is 0 Å². The standard InChI is InChI=1S/C9H16O2S2/c10-8(12)6-4-2-1-3-5-7-9(11)13/h1-7H2,(H,10,12)(H,11,13). The molecule has 0 aromatic heterocycles. The van der Waals surface area contributed by atoms with Crippen LogP contribution in [0.1, 0.15) is 44.9 Å². The molecule has 0 saturated heterocycles. The van der Waals surface area contributed by atoms with Gasteiger partial charge in [-0.25, -0.2) is 0 Å². The molecule has 0 spiro atoms. The molecule has 0 rings (SSSR count). The lowest BCUT2D eigenvalue weighted by Gasteiger charge is -1.99. The zero-order chi connectivity index (χ0) is 10.1. The van der Waals surface area contributed by atoms with Gasteiger partial charge in [0.2, 0.25) is 0 Å². The van der Waals surface area contributed by atoms with E-state index >= 15 is 0 Å². The van der Waals surface area contributed by atoms with Crippen LogP contribution in [-0.2, 0) is 0 Å². The van der Waals surface area contributed by atoms with Gasteiger partial charge in [-0.05, 0) is 37.3 Å². The van der Waals surface area contributed by atoms with E-state index in [1.807, 2.05) is 0 Å². The smallest absolute Gasteiger partial charge is 0.156 e. The molecular weight excluding hydrogens is 204 g/mol. The van der Waals surface area contributed by atoms with E-state index in [4.69, 9.17) is 10.2 Å². The molecule has 0 unspecified atom stereocenters. The first-order valence-electron chi connectivity index (χ1n) is 4.56. The highest BCUT2D eigenvalue weighted by Crippen LogP contribution is 2.07. The van der Waals surface area contributed by atoms with Crippen molar-refractivity contribution in [3.05, 3.63) is 0 Å². The summed E-state index contributed by atoms with van der Waals surface area (Å²) in [6.45, 7) is 0. The van der Waals surface area contributed by atoms with Crippen LogP contribution < -0.4 is 0 Å². The third-order valence-electron chi connectivity index (χ3n) is 1.78. The molecule has 0 radical (unpaired) electrons. The Morgan fingerprint density at radius 1 is 0.692 bits per heavy atom. The fraction of sp³-hybridized carbons (Fsp3) is 0.778. The number of thiocarbonyl (C=S) groups is 2. The predicted molar refractivity (Wildman–Crippen MR) is 62.8 cm³/mol. The maximum Gasteiger partial charge on any atom is 0.156 e. The molecule has 0 amide bonds. The molecule has 76 valence electrons. The molecule has 0 bridgehead atoms. The minimum atomic E-state index is 0.108. The first kappa shape index (κ1) is 12.8. The van der Waals surface area contributed by atoms with E-state index in [0.717, 1.165) is 32.1 Å². The van der Waals surface area contributed by atoms with Crippen LogP contribution in [0.5, 0.6) is 0 Å². The highest BCUT2D eigenvalue weighted by atomic mass is 32.1. The third-order valence-corrected chi connectivity index (χ3v) is 2.19. The van der Waals surface area contributed by atoms with Crippen molar-refractivity contribution in [2.24, 2.45) is 0 Å². The van der Waals surface area contributed by atoms with Crippen molar-refractivity contribution in [2.75, 3.05) is 0 Å². The van der Waals surface area contributed by atoms with Gasteiger partial charge in [0.15, 0.2) is 10.1 Å². The van der Waals surface area contributed by atoms with E-state index in [1.165, 1.54) is 0 Å². The Hall–Kier alpha value is -0.220. The van der Waals surface area contributed by atoms with Crippen molar-refractivity contribution in [1.82, 2.24) is 0 Å². The number of hydrogen-bond acceptors (Lipinski definition) is 2. The molecule has 2 N–H and O–H groups in total. The molecule has 0 fully saturated rings. The van der Waals surface area contributed by atoms with Crippen molar-refractivity contribution < 1.29 is 10.2 Å². The Bertz CT molecular complexity index is 151. The van der Waals surface area contributed by atoms with Crippen LogP contribution in [0.25, 0.3) is 0 Å². The van der Waals surface area contributed by atoms with Crippen LogP contribution >= 0.6 is 24.4 Å². The van der Waals surface area contributed by atoms with Crippen LogP contribution in [0.15, 0.2) is 0 Å². The maximum absolute atomic E-state index is 8.71. The molecule has 0 aliphatic rings. The van der Waals surface area contributed by atoms with E-state index in [-0.39, 0.29) is 10.1 Å². The minimum absolute atomic E-state index is 0.108. The molecule has 0 atom stereocenters. The normalized spacial score (nSPS) is 9.85. The molecule has 0 saturated carbocycles. The van der Waals surface area contributed by atoms with Gasteiger partial charge in [-0.3, -0.25) is 0 Å². The lowest BCUT2D eigenvalue weighted by molar-refractivity contribution is 0.525. The number of hydrogen-bond donors (Lipinski definition) is 2. The van der Waals surface area contributed by atoms with Gasteiger partial charge in [0.05, 0.1) is 0 Å². The second kappa shape index (κ2) is 8.38. The van der Waals surface area contributed by atoms with Crippen molar-refractivity contribution in [1.29, 1.82) is 0 Å². The SMILES string of the molecule is OC(=S)CCCCCCCC(O)=S. The van der Waals surface area contributed by atoms with Crippen molar-refractivity contribution in [3.8, 4) is 0 Å². The van der Waals surface area contributed by atoms with Gasteiger partial charge in [-0.2, -0.15) is 0 Å². The van der Waals surface area contributed by atoms with Gasteiger partial charge in [0.1, 0.15) is 0 Å². The van der Waals surface area contributed by atoms with Gasteiger partial charge in [0.25, 0.3) is 0 Å². The summed E-state index contributed by atoms with van der Waals surface area (Å²) in [6.07, 6.45) is 6.46. The zero-order valence-corrected chi connectivity index (χ0v) is 9.29. The third kappa shape index (κ3) is 11.8. The molecule has 0 aliphatic heterocycles. The molecule has 4 heteroatoms. The summed E-state index contributed by atoms with van der Waals surface area (Å²) in [5.41, 5.74) is 0. The maximum atomic E-state index is 8.71. The van der Waals surface area contributed by atoms with Gasteiger partial charge < -0.3 is 10.2 Å². The predicted octanol–water partition coefficient (Wildman–Crippen LogP) is 3.49. The molecule has 0 aromatic carbocycles. The Morgan fingerprint density at radius 2 is 1.00 bits per heavy atom. The lowest BCUT2D eigenvalue weighted by atomic mass is 10.1. The van der Waals surface area contributed by atoms with E-state index < -0.39 is 0 Å². The summed E-state index contributed by atoms with van der Waals surface area (Å²) in [5.74, 6) is 0. The van der Waals surface area contributed by atoms with Crippen LogP contribution in [0.4, 0.5) is 0 Å². The van der Waals surface area contributed by atoms with Crippen LogP contribution in [-0.4, -0.2) is 20.3 Å². The Balaban J connectivity index is 3.00. The fourth-order valence-corrected chi connectivity index (χ4v) is 1.37. The number of aliphatic hydroxyl groups is 2. The van der Waals surface area contributed by atoms with E-state index in [1.54, 1.807) is 0 Å². The van der Waals surface area contributed by atoms with Crippen molar-refractivity contribution >= 4 is 34.5 Å². The monoisotopic (exact) mass is 220 g/mol. The van der Waals surface area contributed by atoms with E-state index in [0.29, 0.717) is 12.8 Å². The second-order valence-corrected chi connectivity index (χ2v) is 4.00. The first-order chi connectivity index (χ1) is 6.13. The lowest BCUT2D eigenvalue weighted by Crippen LogP contribution is -1.92. The van der Waals surface area contributed by atoms with Crippen LogP contribution in [0.2, 0.25) is 0 Å². The average Bonchev–Trinajstić information content (AvgIpc) is 2.01. The Morgan fingerprint density at radius 3 is 1.31 bits per heavy atom. The first-order valence-corrected chi connectivity index (χ1v) is 5.38. The highest BCUT2D eigenvalue weighted by Gasteiger charge is 1.95. The van der Waals surface area contributed by atoms with E-state index in [9.17, 15) is 0 Å². The van der Waals surface area contributed by atoms with E-state index in [2.05, 4.69) is 24.4 Å². The number of aliphatic hydroxyl groups excluding tert-OH is 2.